The van der Waals surface area contributed by atoms with Gasteiger partial charge in [-0.3, -0.25) is 9.78 Å². The summed E-state index contributed by atoms with van der Waals surface area (Å²) < 4.78 is 14.1. The van der Waals surface area contributed by atoms with Crippen LogP contribution < -0.4 is 0 Å². The van der Waals surface area contributed by atoms with E-state index in [0.29, 0.717) is 18.7 Å². The highest BCUT2D eigenvalue weighted by Crippen LogP contribution is 2.15. The van der Waals surface area contributed by atoms with Gasteiger partial charge in [0, 0.05) is 12.2 Å². The number of hydrogen-bond donors (Lipinski definition) is 0. The third kappa shape index (κ3) is 3.45. The molecule has 0 N–H and O–H groups in total. The largest absolute Gasteiger partial charge is 0.333 e. The van der Waals surface area contributed by atoms with E-state index in [-0.39, 0.29) is 11.5 Å². The molecule has 0 unspecified atom stereocenters. The molecular formula is C17H19FN2O. The minimum Gasteiger partial charge on any atom is -0.333 e. The molecule has 0 aliphatic carbocycles. The summed E-state index contributed by atoms with van der Waals surface area (Å²) in [4.78, 5) is 18.5. The highest BCUT2D eigenvalue weighted by molar-refractivity contribution is 5.94. The van der Waals surface area contributed by atoms with Gasteiger partial charge in [0.2, 0.25) is 0 Å². The van der Waals surface area contributed by atoms with E-state index in [1.807, 2.05) is 32.0 Å². The van der Waals surface area contributed by atoms with Gasteiger partial charge in [-0.1, -0.05) is 18.2 Å². The predicted octanol–water partition coefficient (Wildman–Crippen LogP) is 3.50. The standard InChI is InChI=1S/C17H19FN2O/c1-4-20(11-14-9-6-8-13(3)19-14)17(21)15-10-5-7-12(2)16(15)18/h5-10H,4,11H2,1-3H3. The van der Waals surface area contributed by atoms with Crippen LogP contribution in [-0.2, 0) is 6.54 Å². The molecule has 1 heterocycles. The van der Waals surface area contributed by atoms with E-state index in [9.17, 15) is 9.18 Å². The molecule has 0 aliphatic heterocycles. The first-order valence-electron chi connectivity index (χ1n) is 7.00. The van der Waals surface area contributed by atoms with E-state index in [2.05, 4.69) is 4.98 Å². The van der Waals surface area contributed by atoms with Gasteiger partial charge in [-0.25, -0.2) is 4.39 Å². The lowest BCUT2D eigenvalue weighted by atomic mass is 10.1. The van der Waals surface area contributed by atoms with Crippen LogP contribution in [0.4, 0.5) is 4.39 Å². The molecule has 4 heteroatoms. The first kappa shape index (κ1) is 15.2. The quantitative estimate of drug-likeness (QED) is 0.862. The van der Waals surface area contributed by atoms with Crippen molar-refractivity contribution >= 4 is 5.91 Å². The average Bonchev–Trinajstić information content (AvgIpc) is 2.47. The molecule has 2 rings (SSSR count). The molecule has 0 saturated heterocycles. The fraction of sp³-hybridized carbons (Fsp3) is 0.294. The highest BCUT2D eigenvalue weighted by atomic mass is 19.1. The summed E-state index contributed by atoms with van der Waals surface area (Å²) in [6.07, 6.45) is 0. The smallest absolute Gasteiger partial charge is 0.257 e. The maximum absolute atomic E-state index is 14.1. The Kier molecular flexibility index (Phi) is 4.68. The second-order valence-electron chi connectivity index (χ2n) is 5.03. The van der Waals surface area contributed by atoms with Crippen molar-refractivity contribution in [2.45, 2.75) is 27.3 Å². The Morgan fingerprint density at radius 2 is 1.90 bits per heavy atom. The van der Waals surface area contributed by atoms with Gasteiger partial charge in [-0.2, -0.15) is 0 Å². The monoisotopic (exact) mass is 286 g/mol. The maximum Gasteiger partial charge on any atom is 0.257 e. The van der Waals surface area contributed by atoms with Crippen LogP contribution in [0.1, 0.15) is 34.2 Å². The Bertz CT molecular complexity index is 655. The minimum atomic E-state index is -0.446. The molecule has 1 aromatic carbocycles. The van der Waals surface area contributed by atoms with Crippen LogP contribution in [0.25, 0.3) is 0 Å². The molecule has 0 fully saturated rings. The zero-order chi connectivity index (χ0) is 15.4. The zero-order valence-electron chi connectivity index (χ0n) is 12.6. The number of carbonyl (C=O) groups is 1. The first-order valence-corrected chi connectivity index (χ1v) is 7.00. The van der Waals surface area contributed by atoms with E-state index < -0.39 is 5.82 Å². The molecule has 1 amide bonds. The van der Waals surface area contributed by atoms with E-state index in [1.54, 1.807) is 24.0 Å². The van der Waals surface area contributed by atoms with E-state index in [1.165, 1.54) is 6.07 Å². The highest BCUT2D eigenvalue weighted by Gasteiger charge is 2.19. The Morgan fingerprint density at radius 3 is 2.57 bits per heavy atom. The Labute approximate surface area is 124 Å². The number of aromatic nitrogens is 1. The molecule has 1 aromatic heterocycles. The van der Waals surface area contributed by atoms with Crippen LogP contribution >= 0.6 is 0 Å². The van der Waals surface area contributed by atoms with Crippen molar-refractivity contribution in [2.75, 3.05) is 6.54 Å². The van der Waals surface area contributed by atoms with Crippen LogP contribution in [0, 0.1) is 19.7 Å². The molecule has 21 heavy (non-hydrogen) atoms. The number of halogens is 1. The summed E-state index contributed by atoms with van der Waals surface area (Å²) in [6, 6.07) is 10.6. The lowest BCUT2D eigenvalue weighted by Gasteiger charge is -2.21. The Hall–Kier alpha value is -2.23. The van der Waals surface area contributed by atoms with Crippen LogP contribution in [0.2, 0.25) is 0 Å². The Balaban J connectivity index is 2.25. The molecule has 2 aromatic rings. The van der Waals surface area contributed by atoms with Crippen molar-refractivity contribution in [3.8, 4) is 0 Å². The Morgan fingerprint density at radius 1 is 1.19 bits per heavy atom. The minimum absolute atomic E-state index is 0.115. The van der Waals surface area contributed by atoms with Crippen molar-refractivity contribution in [2.24, 2.45) is 0 Å². The van der Waals surface area contributed by atoms with Crippen molar-refractivity contribution in [1.29, 1.82) is 0 Å². The lowest BCUT2D eigenvalue weighted by molar-refractivity contribution is 0.0745. The summed E-state index contributed by atoms with van der Waals surface area (Å²) in [6.45, 7) is 6.32. The molecule has 0 spiro atoms. The number of amides is 1. The summed E-state index contributed by atoms with van der Waals surface area (Å²) in [5.41, 5.74) is 2.30. The molecule has 0 bridgehead atoms. The summed E-state index contributed by atoms with van der Waals surface area (Å²) in [7, 11) is 0. The molecular weight excluding hydrogens is 267 g/mol. The predicted molar refractivity (Wildman–Crippen MR) is 80.5 cm³/mol. The number of pyridine rings is 1. The van der Waals surface area contributed by atoms with Crippen molar-refractivity contribution in [1.82, 2.24) is 9.88 Å². The lowest BCUT2D eigenvalue weighted by Crippen LogP contribution is -2.31. The van der Waals surface area contributed by atoms with Crippen molar-refractivity contribution in [3.63, 3.8) is 0 Å². The van der Waals surface area contributed by atoms with Crippen LogP contribution in [-0.4, -0.2) is 22.3 Å². The number of carbonyl (C=O) groups excluding carboxylic acids is 1. The first-order chi connectivity index (χ1) is 10.0. The van der Waals surface area contributed by atoms with Gasteiger partial charge in [0.1, 0.15) is 5.82 Å². The number of hydrogen-bond acceptors (Lipinski definition) is 2. The van der Waals surface area contributed by atoms with E-state index >= 15 is 0 Å². The number of benzene rings is 1. The van der Waals surface area contributed by atoms with Crippen LogP contribution in [0.5, 0.6) is 0 Å². The third-order valence-corrected chi connectivity index (χ3v) is 3.39. The van der Waals surface area contributed by atoms with Crippen LogP contribution in [0.3, 0.4) is 0 Å². The van der Waals surface area contributed by atoms with Gasteiger partial charge >= 0.3 is 0 Å². The number of aryl methyl sites for hydroxylation is 2. The molecule has 3 nitrogen and oxygen atoms in total. The third-order valence-electron chi connectivity index (χ3n) is 3.39. The van der Waals surface area contributed by atoms with Gasteiger partial charge in [0.25, 0.3) is 5.91 Å². The normalized spacial score (nSPS) is 10.5. The van der Waals surface area contributed by atoms with Gasteiger partial charge in [-0.15, -0.1) is 0 Å². The summed E-state index contributed by atoms with van der Waals surface area (Å²) >= 11 is 0. The van der Waals surface area contributed by atoms with Gasteiger partial charge in [0.15, 0.2) is 0 Å². The number of rotatable bonds is 4. The summed E-state index contributed by atoms with van der Waals surface area (Å²) in [5, 5.41) is 0. The number of nitrogens with zero attached hydrogens (tertiary/aromatic N) is 2. The van der Waals surface area contributed by atoms with Gasteiger partial charge in [0.05, 0.1) is 17.8 Å². The average molecular weight is 286 g/mol. The SMILES string of the molecule is CCN(Cc1cccc(C)n1)C(=O)c1cccc(C)c1F. The second-order valence-corrected chi connectivity index (χ2v) is 5.03. The second kappa shape index (κ2) is 6.48. The molecule has 0 aliphatic rings. The van der Waals surface area contributed by atoms with Gasteiger partial charge < -0.3 is 4.90 Å². The van der Waals surface area contributed by atoms with E-state index in [4.69, 9.17) is 0 Å². The van der Waals surface area contributed by atoms with Crippen LogP contribution in [0.15, 0.2) is 36.4 Å². The molecule has 110 valence electrons. The van der Waals surface area contributed by atoms with Gasteiger partial charge in [-0.05, 0) is 44.5 Å². The topological polar surface area (TPSA) is 33.2 Å². The zero-order valence-corrected chi connectivity index (χ0v) is 12.6. The van der Waals surface area contributed by atoms with Crippen molar-refractivity contribution < 1.29 is 9.18 Å². The molecule has 0 radical (unpaired) electrons. The van der Waals surface area contributed by atoms with E-state index in [0.717, 1.165) is 11.4 Å². The summed E-state index contributed by atoms with van der Waals surface area (Å²) in [5.74, 6) is -0.750. The fourth-order valence-electron chi connectivity index (χ4n) is 2.19. The molecule has 0 saturated carbocycles. The maximum atomic E-state index is 14.1. The fourth-order valence-corrected chi connectivity index (χ4v) is 2.19. The molecule has 0 atom stereocenters. The van der Waals surface area contributed by atoms with Crippen molar-refractivity contribution in [3.05, 3.63) is 64.7 Å².